The van der Waals surface area contributed by atoms with Gasteiger partial charge in [-0.15, -0.1) is 0 Å². The van der Waals surface area contributed by atoms with Crippen molar-refractivity contribution in [2.75, 3.05) is 14.2 Å². The lowest BCUT2D eigenvalue weighted by Gasteiger charge is -2.11. The normalized spacial score (nSPS) is 11.8. The first kappa shape index (κ1) is 18.1. The maximum absolute atomic E-state index is 12.9. The summed E-state index contributed by atoms with van der Waals surface area (Å²) in [5.41, 5.74) is 1.39. The largest absolute Gasteiger partial charge is 0.493 e. The van der Waals surface area contributed by atoms with Crippen molar-refractivity contribution >= 4 is 11.0 Å². The zero-order valence-corrected chi connectivity index (χ0v) is 14.7. The SMILES string of the molecule is COc1ccc(CCn2c(C)nc3cc(C(F)(F)F)ccc32)cc1OC. The van der Waals surface area contributed by atoms with Gasteiger partial charge in [0.15, 0.2) is 11.5 Å². The Hall–Kier alpha value is -2.70. The Labute approximate surface area is 149 Å². The zero-order valence-electron chi connectivity index (χ0n) is 14.7. The van der Waals surface area contributed by atoms with Crippen LogP contribution in [0.1, 0.15) is 17.0 Å². The Morgan fingerprint density at radius 3 is 2.38 bits per heavy atom. The van der Waals surface area contributed by atoms with Crippen LogP contribution in [-0.4, -0.2) is 23.8 Å². The summed E-state index contributed by atoms with van der Waals surface area (Å²) in [4.78, 5) is 4.28. The van der Waals surface area contributed by atoms with Crippen molar-refractivity contribution in [1.29, 1.82) is 0 Å². The van der Waals surface area contributed by atoms with E-state index >= 15 is 0 Å². The number of halogens is 3. The number of ether oxygens (including phenoxy) is 2. The molecule has 0 atom stereocenters. The van der Waals surface area contributed by atoms with Crippen molar-refractivity contribution in [3.8, 4) is 11.5 Å². The molecule has 138 valence electrons. The average Bonchev–Trinajstić information content (AvgIpc) is 2.93. The number of nitrogens with zero attached hydrogens (tertiary/aromatic N) is 2. The van der Waals surface area contributed by atoms with Gasteiger partial charge in [-0.3, -0.25) is 0 Å². The second-order valence-corrected chi connectivity index (χ2v) is 5.95. The molecule has 0 saturated carbocycles. The summed E-state index contributed by atoms with van der Waals surface area (Å²) in [6.07, 6.45) is -3.68. The van der Waals surface area contributed by atoms with Crippen LogP contribution in [0, 0.1) is 6.92 Å². The average molecular weight is 364 g/mol. The Kier molecular flexibility index (Phi) is 4.80. The van der Waals surface area contributed by atoms with Crippen molar-refractivity contribution < 1.29 is 22.6 Å². The highest BCUT2D eigenvalue weighted by molar-refractivity contribution is 5.77. The third-order valence-corrected chi connectivity index (χ3v) is 4.34. The van der Waals surface area contributed by atoms with E-state index < -0.39 is 11.7 Å². The number of aryl methyl sites for hydroxylation is 3. The predicted octanol–water partition coefficient (Wildman–Crippen LogP) is 4.62. The second kappa shape index (κ2) is 6.90. The molecule has 0 saturated heterocycles. The summed E-state index contributed by atoms with van der Waals surface area (Å²) < 4.78 is 51.1. The number of benzene rings is 2. The highest BCUT2D eigenvalue weighted by Gasteiger charge is 2.31. The Morgan fingerprint density at radius 2 is 1.73 bits per heavy atom. The van der Waals surface area contributed by atoms with Crippen LogP contribution in [0.5, 0.6) is 11.5 Å². The van der Waals surface area contributed by atoms with Gasteiger partial charge in [-0.05, 0) is 49.2 Å². The van der Waals surface area contributed by atoms with E-state index in [2.05, 4.69) is 4.98 Å². The second-order valence-electron chi connectivity index (χ2n) is 5.95. The number of imidazole rings is 1. The molecule has 0 spiro atoms. The van der Waals surface area contributed by atoms with E-state index in [0.717, 1.165) is 17.7 Å². The Morgan fingerprint density at radius 1 is 1.00 bits per heavy atom. The number of alkyl halides is 3. The molecule has 1 heterocycles. The molecule has 0 unspecified atom stereocenters. The summed E-state index contributed by atoms with van der Waals surface area (Å²) in [6.45, 7) is 2.39. The number of rotatable bonds is 5. The molecule has 2 aromatic carbocycles. The number of hydrogen-bond donors (Lipinski definition) is 0. The van der Waals surface area contributed by atoms with E-state index in [1.807, 2.05) is 22.8 Å². The monoisotopic (exact) mass is 364 g/mol. The van der Waals surface area contributed by atoms with Gasteiger partial charge >= 0.3 is 6.18 Å². The first-order chi connectivity index (χ1) is 12.3. The van der Waals surface area contributed by atoms with E-state index in [-0.39, 0.29) is 0 Å². The van der Waals surface area contributed by atoms with Crippen LogP contribution in [0.3, 0.4) is 0 Å². The van der Waals surface area contributed by atoms with E-state index in [9.17, 15) is 13.2 Å². The predicted molar refractivity (Wildman–Crippen MR) is 92.7 cm³/mol. The minimum atomic E-state index is -4.37. The lowest BCUT2D eigenvalue weighted by atomic mass is 10.1. The maximum atomic E-state index is 12.9. The molecule has 7 heteroatoms. The zero-order chi connectivity index (χ0) is 18.9. The third kappa shape index (κ3) is 3.47. The first-order valence-corrected chi connectivity index (χ1v) is 8.08. The molecule has 3 rings (SSSR count). The van der Waals surface area contributed by atoms with Gasteiger partial charge in [-0.2, -0.15) is 13.2 Å². The van der Waals surface area contributed by atoms with Crippen molar-refractivity contribution in [1.82, 2.24) is 9.55 Å². The molecule has 0 aliphatic heterocycles. The topological polar surface area (TPSA) is 36.3 Å². The number of fused-ring (bicyclic) bond motifs is 1. The van der Waals surface area contributed by atoms with E-state index in [1.54, 1.807) is 21.1 Å². The summed E-state index contributed by atoms with van der Waals surface area (Å²) in [6, 6.07) is 9.34. The van der Waals surface area contributed by atoms with Gasteiger partial charge in [0.2, 0.25) is 0 Å². The molecule has 4 nitrogen and oxygen atoms in total. The third-order valence-electron chi connectivity index (χ3n) is 4.34. The van der Waals surface area contributed by atoms with Gasteiger partial charge in [0, 0.05) is 6.54 Å². The number of aromatic nitrogens is 2. The summed E-state index contributed by atoms with van der Waals surface area (Å²) in [5.74, 6) is 1.98. The molecule has 1 aromatic heterocycles. The van der Waals surface area contributed by atoms with Crippen LogP contribution in [0.4, 0.5) is 13.2 Å². The number of hydrogen-bond acceptors (Lipinski definition) is 3. The lowest BCUT2D eigenvalue weighted by Crippen LogP contribution is -2.05. The van der Waals surface area contributed by atoms with Gasteiger partial charge < -0.3 is 14.0 Å². The van der Waals surface area contributed by atoms with Gasteiger partial charge in [0.1, 0.15) is 5.82 Å². The fraction of sp³-hybridized carbons (Fsp3) is 0.316. The maximum Gasteiger partial charge on any atom is 0.416 e. The van der Waals surface area contributed by atoms with Crippen molar-refractivity contribution in [2.45, 2.75) is 26.1 Å². The molecule has 0 fully saturated rings. The molecule has 0 bridgehead atoms. The van der Waals surface area contributed by atoms with Crippen molar-refractivity contribution in [2.24, 2.45) is 0 Å². The fourth-order valence-corrected chi connectivity index (χ4v) is 2.99. The minimum Gasteiger partial charge on any atom is -0.493 e. The Balaban J connectivity index is 1.86. The molecule has 0 aliphatic carbocycles. The minimum absolute atomic E-state index is 0.352. The molecule has 0 aliphatic rings. The van der Waals surface area contributed by atoms with Crippen LogP contribution in [0.25, 0.3) is 11.0 Å². The molecule has 26 heavy (non-hydrogen) atoms. The van der Waals surface area contributed by atoms with E-state index in [0.29, 0.717) is 41.3 Å². The highest BCUT2D eigenvalue weighted by Crippen LogP contribution is 2.32. The van der Waals surface area contributed by atoms with Crippen molar-refractivity contribution in [3.05, 3.63) is 53.3 Å². The van der Waals surface area contributed by atoms with E-state index in [4.69, 9.17) is 9.47 Å². The van der Waals surface area contributed by atoms with Gasteiger partial charge in [0.05, 0.1) is 30.8 Å². The van der Waals surface area contributed by atoms with E-state index in [1.165, 1.54) is 6.07 Å². The molecule has 3 aromatic rings. The molecular weight excluding hydrogens is 345 g/mol. The highest BCUT2D eigenvalue weighted by atomic mass is 19.4. The van der Waals surface area contributed by atoms with Gasteiger partial charge in [-0.25, -0.2) is 4.98 Å². The van der Waals surface area contributed by atoms with Crippen LogP contribution in [0.15, 0.2) is 36.4 Å². The summed E-state index contributed by atoms with van der Waals surface area (Å²) >= 11 is 0. The molecular formula is C19H19F3N2O2. The fourth-order valence-electron chi connectivity index (χ4n) is 2.99. The number of methoxy groups -OCH3 is 2. The summed E-state index contributed by atoms with van der Waals surface area (Å²) in [5, 5.41) is 0. The molecule has 0 amide bonds. The quantitative estimate of drug-likeness (QED) is 0.663. The lowest BCUT2D eigenvalue weighted by molar-refractivity contribution is -0.137. The smallest absolute Gasteiger partial charge is 0.416 e. The van der Waals surface area contributed by atoms with Crippen LogP contribution in [-0.2, 0) is 19.1 Å². The van der Waals surface area contributed by atoms with Crippen LogP contribution in [0.2, 0.25) is 0 Å². The van der Waals surface area contributed by atoms with Crippen LogP contribution >= 0.6 is 0 Å². The summed E-state index contributed by atoms with van der Waals surface area (Å²) in [7, 11) is 3.15. The van der Waals surface area contributed by atoms with Gasteiger partial charge in [0.25, 0.3) is 0 Å². The van der Waals surface area contributed by atoms with Gasteiger partial charge in [-0.1, -0.05) is 6.07 Å². The van der Waals surface area contributed by atoms with Crippen molar-refractivity contribution in [3.63, 3.8) is 0 Å². The standard InChI is InChI=1S/C19H19F3N2O2/c1-12-23-15-11-14(19(20,21)22)5-6-16(15)24(12)9-8-13-4-7-17(25-2)18(10-13)26-3/h4-7,10-11H,8-9H2,1-3H3. The first-order valence-electron chi connectivity index (χ1n) is 8.08. The van der Waals surface area contributed by atoms with Crippen LogP contribution < -0.4 is 9.47 Å². The Bertz CT molecular complexity index is 932. The molecule has 0 N–H and O–H groups in total. The molecule has 0 radical (unpaired) electrons.